The Bertz CT molecular complexity index is 700. The number of methoxy groups -OCH3 is 1. The number of hydrogen-bond donors (Lipinski definition) is 1. The quantitative estimate of drug-likeness (QED) is 0.808. The highest BCUT2D eigenvalue weighted by atomic mass is 19.1. The van der Waals surface area contributed by atoms with Gasteiger partial charge < -0.3 is 15.0 Å². The molecule has 154 valence electrons. The van der Waals surface area contributed by atoms with Crippen LogP contribution in [0.2, 0.25) is 0 Å². The number of ether oxygens (including phenoxy) is 1. The van der Waals surface area contributed by atoms with Gasteiger partial charge in [-0.05, 0) is 49.9 Å². The van der Waals surface area contributed by atoms with Crippen LogP contribution in [0, 0.1) is 11.2 Å². The second-order valence-electron chi connectivity index (χ2n) is 8.58. The number of amides is 2. The van der Waals surface area contributed by atoms with Gasteiger partial charge >= 0.3 is 0 Å². The van der Waals surface area contributed by atoms with E-state index < -0.39 is 5.54 Å². The maximum absolute atomic E-state index is 13.2. The smallest absolute Gasteiger partial charge is 0.251 e. The van der Waals surface area contributed by atoms with Gasteiger partial charge in [-0.15, -0.1) is 0 Å². The van der Waals surface area contributed by atoms with Gasteiger partial charge in [-0.3, -0.25) is 9.59 Å². The first kappa shape index (κ1) is 20.8. The molecule has 1 aromatic carbocycles. The highest BCUT2D eigenvalue weighted by Crippen LogP contribution is 2.39. The summed E-state index contributed by atoms with van der Waals surface area (Å²) in [5.74, 6) is -0.402. The van der Waals surface area contributed by atoms with Crippen LogP contribution in [0.3, 0.4) is 0 Å². The van der Waals surface area contributed by atoms with Crippen molar-refractivity contribution in [2.24, 2.45) is 5.41 Å². The van der Waals surface area contributed by atoms with Crippen LogP contribution in [0.1, 0.15) is 62.2 Å². The van der Waals surface area contributed by atoms with Crippen LogP contribution < -0.4 is 5.32 Å². The Morgan fingerprint density at radius 1 is 1.14 bits per heavy atom. The van der Waals surface area contributed by atoms with E-state index >= 15 is 0 Å². The molecule has 0 bridgehead atoms. The number of halogens is 1. The predicted molar refractivity (Wildman–Crippen MR) is 105 cm³/mol. The fourth-order valence-corrected chi connectivity index (χ4v) is 4.55. The molecule has 0 radical (unpaired) electrons. The molecular formula is C22H31FN2O3. The summed E-state index contributed by atoms with van der Waals surface area (Å²) in [6, 6.07) is 5.53. The van der Waals surface area contributed by atoms with Gasteiger partial charge in [0.05, 0.1) is 5.54 Å². The van der Waals surface area contributed by atoms with Crippen molar-refractivity contribution in [3.63, 3.8) is 0 Å². The molecule has 1 aliphatic carbocycles. The van der Waals surface area contributed by atoms with E-state index in [0.717, 1.165) is 25.7 Å². The van der Waals surface area contributed by atoms with E-state index in [2.05, 4.69) is 12.2 Å². The largest absolute Gasteiger partial charge is 0.385 e. The van der Waals surface area contributed by atoms with E-state index in [4.69, 9.17) is 4.74 Å². The van der Waals surface area contributed by atoms with Gasteiger partial charge in [-0.1, -0.05) is 26.2 Å². The maximum Gasteiger partial charge on any atom is 0.251 e. The molecule has 1 saturated carbocycles. The van der Waals surface area contributed by atoms with E-state index in [1.807, 2.05) is 4.90 Å². The van der Waals surface area contributed by atoms with Crippen molar-refractivity contribution >= 4 is 11.8 Å². The Balaban J connectivity index is 1.72. The molecule has 2 aliphatic rings. The van der Waals surface area contributed by atoms with Crippen LogP contribution in [0.5, 0.6) is 0 Å². The van der Waals surface area contributed by atoms with Gasteiger partial charge in [0.25, 0.3) is 5.91 Å². The first-order chi connectivity index (χ1) is 13.4. The first-order valence-corrected chi connectivity index (χ1v) is 10.2. The van der Waals surface area contributed by atoms with E-state index in [9.17, 15) is 14.0 Å². The van der Waals surface area contributed by atoms with Gasteiger partial charge in [0.2, 0.25) is 5.91 Å². The van der Waals surface area contributed by atoms with Crippen LogP contribution in [-0.4, -0.2) is 49.1 Å². The fraction of sp³-hybridized carbons (Fsp3) is 0.636. The zero-order valence-corrected chi connectivity index (χ0v) is 16.9. The topological polar surface area (TPSA) is 58.6 Å². The molecule has 28 heavy (non-hydrogen) atoms. The lowest BCUT2D eigenvalue weighted by molar-refractivity contribution is -0.142. The molecule has 1 unspecified atom stereocenters. The lowest BCUT2D eigenvalue weighted by Gasteiger charge is -2.37. The van der Waals surface area contributed by atoms with Crippen LogP contribution in [-0.2, 0) is 9.53 Å². The van der Waals surface area contributed by atoms with Crippen LogP contribution in [0.4, 0.5) is 4.39 Å². The molecule has 1 atom stereocenters. The zero-order valence-electron chi connectivity index (χ0n) is 16.9. The Morgan fingerprint density at radius 2 is 1.82 bits per heavy atom. The third-order valence-electron chi connectivity index (χ3n) is 6.38. The first-order valence-electron chi connectivity index (χ1n) is 10.2. The van der Waals surface area contributed by atoms with Crippen molar-refractivity contribution in [1.29, 1.82) is 0 Å². The van der Waals surface area contributed by atoms with Crippen molar-refractivity contribution in [3.8, 4) is 0 Å². The number of hydrogen-bond acceptors (Lipinski definition) is 3. The molecule has 1 aliphatic heterocycles. The second-order valence-corrected chi connectivity index (χ2v) is 8.58. The van der Waals surface area contributed by atoms with Crippen LogP contribution >= 0.6 is 0 Å². The normalized spacial score (nSPS) is 24.2. The van der Waals surface area contributed by atoms with Gasteiger partial charge in [0.1, 0.15) is 5.82 Å². The van der Waals surface area contributed by atoms with Crippen LogP contribution in [0.15, 0.2) is 24.3 Å². The summed E-state index contributed by atoms with van der Waals surface area (Å²) in [7, 11) is 1.64. The average Bonchev–Trinajstić information content (AvgIpc) is 3.11. The summed E-state index contributed by atoms with van der Waals surface area (Å²) in [5, 5.41) is 3.13. The number of likely N-dealkylation sites (tertiary alicyclic amines) is 1. The summed E-state index contributed by atoms with van der Waals surface area (Å²) >= 11 is 0. The van der Waals surface area contributed by atoms with Gasteiger partial charge in [0, 0.05) is 37.8 Å². The number of carbonyl (C=O) groups is 2. The Labute approximate surface area is 166 Å². The lowest BCUT2D eigenvalue weighted by atomic mass is 9.74. The molecule has 1 N–H and O–H groups in total. The maximum atomic E-state index is 13.2. The Morgan fingerprint density at radius 3 is 2.46 bits per heavy atom. The highest BCUT2D eigenvalue weighted by Gasteiger charge is 2.45. The molecular weight excluding hydrogens is 359 g/mol. The molecule has 0 spiro atoms. The monoisotopic (exact) mass is 390 g/mol. The highest BCUT2D eigenvalue weighted by molar-refractivity contribution is 5.94. The van der Waals surface area contributed by atoms with Crippen molar-refractivity contribution in [3.05, 3.63) is 35.6 Å². The number of rotatable bonds is 6. The minimum Gasteiger partial charge on any atom is -0.385 e. The number of nitrogens with one attached hydrogen (secondary N) is 1. The minimum atomic E-state index is -0.512. The third-order valence-corrected chi connectivity index (χ3v) is 6.38. The molecule has 1 saturated heterocycles. The van der Waals surface area contributed by atoms with Crippen molar-refractivity contribution < 1.29 is 18.7 Å². The molecule has 0 aromatic heterocycles. The number of nitrogens with zero attached hydrogens (tertiary/aromatic N) is 1. The summed E-state index contributed by atoms with van der Waals surface area (Å²) < 4.78 is 18.4. The third kappa shape index (κ3) is 4.54. The SMILES string of the molecule is COCCC1(NC(=O)c2ccc(F)cc2)CCN(C(=O)C2(C)CCCCC2)C1. The standard InChI is InChI=1S/C22H31FN2O3/c1-21(10-4-3-5-11-21)20(27)25-14-12-22(16-25,13-15-28-2)24-19(26)17-6-8-18(23)9-7-17/h6-9H,3-5,10-16H2,1-2H3,(H,24,26). The van der Waals surface area contributed by atoms with Crippen molar-refractivity contribution in [2.75, 3.05) is 26.8 Å². The van der Waals surface area contributed by atoms with Gasteiger partial charge in [-0.2, -0.15) is 0 Å². The molecule has 1 aromatic rings. The van der Waals surface area contributed by atoms with Gasteiger partial charge in [0.15, 0.2) is 0 Å². The van der Waals surface area contributed by atoms with Crippen molar-refractivity contribution in [2.45, 2.75) is 57.4 Å². The van der Waals surface area contributed by atoms with Crippen molar-refractivity contribution in [1.82, 2.24) is 10.2 Å². The summed E-state index contributed by atoms with van der Waals surface area (Å²) in [6.45, 7) is 3.73. The average molecular weight is 390 g/mol. The second kappa shape index (κ2) is 8.60. The zero-order chi connectivity index (χ0) is 20.2. The fourth-order valence-electron chi connectivity index (χ4n) is 4.55. The Hall–Kier alpha value is -1.95. The number of benzene rings is 1. The molecule has 2 fully saturated rings. The predicted octanol–water partition coefficient (Wildman–Crippen LogP) is 3.53. The van der Waals surface area contributed by atoms with Crippen LogP contribution in [0.25, 0.3) is 0 Å². The Kier molecular flexibility index (Phi) is 6.38. The molecule has 3 rings (SSSR count). The molecule has 5 nitrogen and oxygen atoms in total. The van der Waals surface area contributed by atoms with E-state index in [1.165, 1.54) is 30.7 Å². The molecule has 2 amide bonds. The summed E-state index contributed by atoms with van der Waals surface area (Å²) in [6.07, 6.45) is 6.62. The van der Waals surface area contributed by atoms with E-state index in [0.29, 0.717) is 38.1 Å². The summed E-state index contributed by atoms with van der Waals surface area (Å²) in [4.78, 5) is 27.9. The minimum absolute atomic E-state index is 0.211. The summed E-state index contributed by atoms with van der Waals surface area (Å²) in [5.41, 5.74) is -0.374. The molecule has 1 heterocycles. The lowest BCUT2D eigenvalue weighted by Crippen LogP contribution is -2.52. The van der Waals surface area contributed by atoms with E-state index in [-0.39, 0.29) is 23.0 Å². The number of carbonyl (C=O) groups excluding carboxylic acids is 2. The molecule has 6 heteroatoms. The van der Waals surface area contributed by atoms with E-state index in [1.54, 1.807) is 7.11 Å². The van der Waals surface area contributed by atoms with Gasteiger partial charge in [-0.25, -0.2) is 4.39 Å².